The highest BCUT2D eigenvalue weighted by Gasteiger charge is 2.16. The van der Waals surface area contributed by atoms with Gasteiger partial charge < -0.3 is 20.4 Å². The van der Waals surface area contributed by atoms with Crippen molar-refractivity contribution in [2.24, 2.45) is 4.99 Å². The minimum absolute atomic E-state index is 0.0116. The second-order valence-corrected chi connectivity index (χ2v) is 8.02. The van der Waals surface area contributed by atoms with Crippen molar-refractivity contribution in [2.75, 3.05) is 18.5 Å². The molecule has 3 N–H and O–H groups in total. The molecule has 8 nitrogen and oxygen atoms in total. The third kappa shape index (κ3) is 7.14. The fourth-order valence-corrected chi connectivity index (χ4v) is 3.14. The fourth-order valence-electron chi connectivity index (χ4n) is 3.09. The van der Waals surface area contributed by atoms with E-state index in [-0.39, 0.29) is 24.2 Å². The molecule has 0 fully saturated rings. The predicted octanol–water partition coefficient (Wildman–Crippen LogP) is 4.76. The highest BCUT2D eigenvalue weighted by molar-refractivity contribution is 6.39. The maximum Gasteiger partial charge on any atom is 0.222 e. The molecule has 1 amide bonds. The van der Waals surface area contributed by atoms with E-state index in [0.717, 1.165) is 17.5 Å². The second kappa shape index (κ2) is 11.9. The van der Waals surface area contributed by atoms with E-state index in [1.54, 1.807) is 13.1 Å². The van der Waals surface area contributed by atoms with E-state index in [2.05, 4.69) is 37.2 Å². The number of carbonyl (C=O) groups is 1. The third-order valence-electron chi connectivity index (χ3n) is 4.74. The molecule has 0 spiro atoms. The summed E-state index contributed by atoms with van der Waals surface area (Å²) >= 11 is 5.72. The number of ether oxygens (including phenoxy) is 1. The lowest BCUT2D eigenvalue weighted by molar-refractivity contribution is -0.121. The van der Waals surface area contributed by atoms with Crippen LogP contribution in [0.5, 0.6) is 5.75 Å². The van der Waals surface area contributed by atoms with Gasteiger partial charge in [0.25, 0.3) is 0 Å². The van der Waals surface area contributed by atoms with E-state index < -0.39 is 5.82 Å². The number of H-pyrrole nitrogens is 1. The first-order valence-corrected chi connectivity index (χ1v) is 11.0. The van der Waals surface area contributed by atoms with Gasteiger partial charge in [0.05, 0.1) is 17.8 Å². The molecule has 0 aliphatic carbocycles. The van der Waals surface area contributed by atoms with Crippen LogP contribution in [0.4, 0.5) is 16.0 Å². The molecule has 0 saturated carbocycles. The number of hydrogen-bond acceptors (Lipinski definition) is 6. The molecule has 0 aliphatic rings. The highest BCUT2D eigenvalue weighted by atomic mass is 35.5. The molecule has 10 heteroatoms. The van der Waals surface area contributed by atoms with E-state index in [9.17, 15) is 9.18 Å². The summed E-state index contributed by atoms with van der Waals surface area (Å²) in [7, 11) is 0. The predicted molar refractivity (Wildman–Crippen MR) is 132 cm³/mol. The number of para-hydroxylation sites is 1. The van der Waals surface area contributed by atoms with Crippen molar-refractivity contribution in [3.05, 3.63) is 65.7 Å². The van der Waals surface area contributed by atoms with E-state index in [4.69, 9.17) is 16.3 Å². The van der Waals surface area contributed by atoms with Gasteiger partial charge in [0.2, 0.25) is 5.91 Å². The van der Waals surface area contributed by atoms with Crippen molar-refractivity contribution >= 4 is 35.4 Å². The Hall–Kier alpha value is -3.72. The molecule has 2 aromatic heterocycles. The number of aromatic nitrogens is 3. The van der Waals surface area contributed by atoms with Crippen molar-refractivity contribution < 1.29 is 13.9 Å². The highest BCUT2D eigenvalue weighted by Crippen LogP contribution is 2.29. The van der Waals surface area contributed by atoms with Gasteiger partial charge in [-0.05, 0) is 26.0 Å². The monoisotopic (exact) mass is 484 g/mol. The van der Waals surface area contributed by atoms with Crippen LogP contribution in [0.1, 0.15) is 18.9 Å². The number of anilines is 1. The number of benzene rings is 1. The van der Waals surface area contributed by atoms with Crippen LogP contribution >= 0.6 is 11.6 Å². The van der Waals surface area contributed by atoms with Gasteiger partial charge in [0.15, 0.2) is 17.5 Å². The molecular formula is C24H26ClFN6O2. The molecule has 34 heavy (non-hydrogen) atoms. The van der Waals surface area contributed by atoms with Gasteiger partial charge in [-0.15, -0.1) is 0 Å². The fraction of sp³-hybridized carbons (Fsp3) is 0.250. The van der Waals surface area contributed by atoms with Crippen LogP contribution in [-0.2, 0) is 4.79 Å². The summed E-state index contributed by atoms with van der Waals surface area (Å²) in [5, 5.41) is 6.03. The molecule has 2 heterocycles. The van der Waals surface area contributed by atoms with Crippen LogP contribution in [0.3, 0.4) is 0 Å². The quantitative estimate of drug-likeness (QED) is 0.269. The maximum atomic E-state index is 14.3. The molecule has 1 atom stereocenters. The lowest BCUT2D eigenvalue weighted by atomic mass is 10.2. The van der Waals surface area contributed by atoms with E-state index >= 15 is 0 Å². The van der Waals surface area contributed by atoms with Gasteiger partial charge >= 0.3 is 0 Å². The molecular weight excluding hydrogens is 459 g/mol. The van der Waals surface area contributed by atoms with Crippen molar-refractivity contribution in [1.82, 2.24) is 20.3 Å². The lowest BCUT2D eigenvalue weighted by Gasteiger charge is -2.15. The zero-order chi connectivity index (χ0) is 24.5. The minimum Gasteiger partial charge on any atom is -0.492 e. The number of nitrogens with one attached hydrogen (secondary N) is 3. The second-order valence-electron chi connectivity index (χ2n) is 7.53. The smallest absolute Gasteiger partial charge is 0.222 e. The Kier molecular flexibility index (Phi) is 8.75. The van der Waals surface area contributed by atoms with Crippen molar-refractivity contribution in [3.63, 3.8) is 0 Å². The first-order chi connectivity index (χ1) is 16.3. The van der Waals surface area contributed by atoms with E-state index in [1.165, 1.54) is 6.21 Å². The number of halogens is 2. The molecule has 0 bridgehead atoms. The molecule has 0 aliphatic heterocycles. The van der Waals surface area contributed by atoms with Crippen molar-refractivity contribution in [3.8, 4) is 17.1 Å². The summed E-state index contributed by atoms with van der Waals surface area (Å²) in [6.07, 6.45) is 4.33. The number of rotatable bonds is 11. The summed E-state index contributed by atoms with van der Waals surface area (Å²) in [5.41, 5.74) is 1.44. The van der Waals surface area contributed by atoms with Gasteiger partial charge in [-0.1, -0.05) is 36.4 Å². The Morgan fingerprint density at radius 2 is 2.15 bits per heavy atom. The average Bonchev–Trinajstić information content (AvgIpc) is 3.17. The standard InChI is InChI=1S/C24H26ClFN6O2/c1-15(25)12-28-22-17(3)19(13-29-22)23-30-14-20(26)24(32-23)31-16(2)11-21(33)27-9-10-34-18-7-5-4-6-8-18/h4-8,12-14,16,29H,1,9-11H2,2-3H3,(H,27,33)(H,30,31,32). The first kappa shape index (κ1) is 24.9. The van der Waals surface area contributed by atoms with Gasteiger partial charge in [-0.25, -0.2) is 19.4 Å². The van der Waals surface area contributed by atoms with Crippen LogP contribution in [-0.4, -0.2) is 46.3 Å². The Balaban J connectivity index is 1.55. The van der Waals surface area contributed by atoms with Gasteiger partial charge in [-0.2, -0.15) is 0 Å². The number of aliphatic imine (C=N–C) groups is 1. The van der Waals surface area contributed by atoms with Gasteiger partial charge in [0, 0.05) is 36.0 Å². The normalized spacial score (nSPS) is 11.9. The number of aromatic amines is 1. The molecule has 0 saturated heterocycles. The Labute approximate surface area is 202 Å². The summed E-state index contributed by atoms with van der Waals surface area (Å²) in [5.74, 6) is 0.841. The van der Waals surface area contributed by atoms with Crippen molar-refractivity contribution in [1.29, 1.82) is 0 Å². The first-order valence-electron chi connectivity index (χ1n) is 10.6. The number of hydrogen-bond donors (Lipinski definition) is 3. The van der Waals surface area contributed by atoms with E-state index in [0.29, 0.717) is 35.4 Å². The SMILES string of the molecule is C=C(Cl)C=Nc1[nH]cc(-c2ncc(F)c(NC(C)CC(=O)NCCOc3ccccc3)n2)c1C. The summed E-state index contributed by atoms with van der Waals surface area (Å²) < 4.78 is 19.9. The topological polar surface area (TPSA) is 104 Å². The number of allylic oxidation sites excluding steroid dienone is 1. The molecule has 3 aromatic rings. The molecule has 0 radical (unpaired) electrons. The molecule has 1 unspecified atom stereocenters. The zero-order valence-electron chi connectivity index (χ0n) is 18.9. The third-order valence-corrected chi connectivity index (χ3v) is 4.84. The average molecular weight is 485 g/mol. The summed E-state index contributed by atoms with van der Waals surface area (Å²) in [4.78, 5) is 27.8. The lowest BCUT2D eigenvalue weighted by Crippen LogP contribution is -2.32. The minimum atomic E-state index is -0.614. The largest absolute Gasteiger partial charge is 0.492 e. The van der Waals surface area contributed by atoms with Crippen LogP contribution in [0.15, 0.2) is 59.3 Å². The summed E-state index contributed by atoms with van der Waals surface area (Å²) in [6, 6.07) is 8.98. The van der Waals surface area contributed by atoms with Crippen LogP contribution in [0.25, 0.3) is 11.4 Å². The Morgan fingerprint density at radius 3 is 2.88 bits per heavy atom. The van der Waals surface area contributed by atoms with Gasteiger partial charge in [0.1, 0.15) is 18.2 Å². The zero-order valence-corrected chi connectivity index (χ0v) is 19.7. The van der Waals surface area contributed by atoms with Gasteiger partial charge in [-0.3, -0.25) is 4.79 Å². The molecule has 178 valence electrons. The van der Waals surface area contributed by atoms with E-state index in [1.807, 2.05) is 37.3 Å². The Bertz CT molecular complexity index is 1170. The number of amides is 1. The van der Waals surface area contributed by atoms with Crippen LogP contribution in [0, 0.1) is 12.7 Å². The Morgan fingerprint density at radius 1 is 1.38 bits per heavy atom. The number of nitrogens with zero attached hydrogens (tertiary/aromatic N) is 3. The van der Waals surface area contributed by atoms with Crippen LogP contribution < -0.4 is 15.4 Å². The number of carbonyl (C=O) groups excluding carboxylic acids is 1. The van der Waals surface area contributed by atoms with Crippen LogP contribution in [0.2, 0.25) is 0 Å². The molecule has 1 aromatic carbocycles. The summed E-state index contributed by atoms with van der Waals surface area (Å²) in [6.45, 7) is 7.88. The maximum absolute atomic E-state index is 14.3. The van der Waals surface area contributed by atoms with Crippen molar-refractivity contribution in [2.45, 2.75) is 26.3 Å². The molecule has 3 rings (SSSR count).